The minimum Gasteiger partial charge on any atom is -0.379 e. The lowest BCUT2D eigenvalue weighted by Crippen LogP contribution is -2.45. The zero-order chi connectivity index (χ0) is 10.1. The van der Waals surface area contributed by atoms with Crippen LogP contribution >= 0.6 is 0 Å². The number of nitrogens with one attached hydrogen (secondary N) is 1. The minimum absolute atomic E-state index is 0.782. The molecule has 0 atom stereocenters. The van der Waals surface area contributed by atoms with Crippen molar-refractivity contribution in [2.45, 2.75) is 0 Å². The smallest absolute Gasteiger partial charge is 0.379 e. The molecule has 5 nitrogen and oxygen atoms in total. The van der Waals surface area contributed by atoms with E-state index in [4.69, 9.17) is 19.0 Å². The van der Waals surface area contributed by atoms with Gasteiger partial charge in [-0.05, 0) is 12.5 Å². The molecule has 0 aromatic carbocycles. The van der Waals surface area contributed by atoms with Gasteiger partial charge in [-0.2, -0.15) is 0 Å². The van der Waals surface area contributed by atoms with Crippen LogP contribution in [0.2, 0.25) is 0 Å². The summed E-state index contributed by atoms with van der Waals surface area (Å²) in [7, 11) is 3.05. The molecule has 3 N–H and O–H groups in total. The Morgan fingerprint density at radius 1 is 1.23 bits per heavy atom. The lowest BCUT2D eigenvalue weighted by molar-refractivity contribution is 0.163. The highest BCUT2D eigenvalue weighted by Gasteiger charge is 2.12. The van der Waals surface area contributed by atoms with Crippen LogP contribution in [0.3, 0.4) is 0 Å². The fourth-order valence-electron chi connectivity index (χ4n) is 0.804. The summed E-state index contributed by atoms with van der Waals surface area (Å²) in [5, 5.41) is 3.13. The van der Waals surface area contributed by atoms with Gasteiger partial charge in [-0.15, -0.1) is 0 Å². The maximum absolute atomic E-state index is 5.29. The minimum atomic E-state index is -1.67. The van der Waals surface area contributed by atoms with E-state index < -0.39 is 9.53 Å². The summed E-state index contributed by atoms with van der Waals surface area (Å²) >= 11 is 0. The van der Waals surface area contributed by atoms with Crippen molar-refractivity contribution in [2.24, 2.45) is 11.7 Å². The van der Waals surface area contributed by atoms with Gasteiger partial charge in [0.25, 0.3) is 0 Å². The predicted molar refractivity (Wildman–Crippen MR) is 53.6 cm³/mol. The fourth-order valence-corrected chi connectivity index (χ4v) is 1.38. The van der Waals surface area contributed by atoms with Gasteiger partial charge >= 0.3 is 9.53 Å². The van der Waals surface area contributed by atoms with Crippen LogP contribution in [-0.4, -0.2) is 50.5 Å². The number of nitrogens with two attached hydrogens (primary N) is 1. The van der Waals surface area contributed by atoms with E-state index in [2.05, 4.69) is 5.32 Å². The van der Waals surface area contributed by atoms with E-state index in [-0.39, 0.29) is 0 Å². The maximum atomic E-state index is 5.29. The summed E-state index contributed by atoms with van der Waals surface area (Å²) in [6.45, 7) is 3.12. The molecule has 1 heterocycles. The Balaban J connectivity index is 0.000000223. The summed E-state index contributed by atoms with van der Waals surface area (Å²) in [6.07, 6.45) is 0. The molecule has 0 amide bonds. The molecule has 13 heavy (non-hydrogen) atoms. The van der Waals surface area contributed by atoms with E-state index in [1.165, 1.54) is 0 Å². The third-order valence-corrected chi connectivity index (χ3v) is 2.93. The average molecular weight is 208 g/mol. The summed E-state index contributed by atoms with van der Waals surface area (Å²) in [5.41, 5.74) is 5.29. The van der Waals surface area contributed by atoms with E-state index in [9.17, 15) is 0 Å². The van der Waals surface area contributed by atoms with Crippen LogP contribution in [0.4, 0.5) is 0 Å². The first-order valence-electron chi connectivity index (χ1n) is 4.27. The van der Waals surface area contributed by atoms with Crippen molar-refractivity contribution < 1.29 is 13.3 Å². The number of rotatable bonds is 4. The second-order valence-corrected chi connectivity index (χ2v) is 4.75. The summed E-state index contributed by atoms with van der Waals surface area (Å²) in [4.78, 5) is 0. The van der Waals surface area contributed by atoms with Crippen molar-refractivity contribution in [1.29, 1.82) is 0 Å². The molecule has 1 saturated heterocycles. The lowest BCUT2D eigenvalue weighted by atomic mass is 10.1. The third kappa shape index (κ3) is 6.14. The molecule has 0 spiro atoms. The maximum Gasteiger partial charge on any atom is 0.483 e. The molecular weight excluding hydrogens is 188 g/mol. The molecule has 0 radical (unpaired) electrons. The van der Waals surface area contributed by atoms with Crippen LogP contribution < -0.4 is 11.1 Å². The van der Waals surface area contributed by atoms with Crippen LogP contribution in [0, 0.1) is 5.92 Å². The van der Waals surface area contributed by atoms with Crippen molar-refractivity contribution in [3.05, 3.63) is 0 Å². The van der Waals surface area contributed by atoms with Gasteiger partial charge in [-0.3, -0.25) is 0 Å². The van der Waals surface area contributed by atoms with E-state index in [1.54, 1.807) is 21.3 Å². The Hall–Kier alpha value is 0.0169. The molecule has 0 aromatic heterocycles. The zero-order valence-electron chi connectivity index (χ0n) is 8.58. The molecule has 0 aromatic rings. The van der Waals surface area contributed by atoms with Crippen molar-refractivity contribution in [3.63, 3.8) is 0 Å². The Bertz CT molecular complexity index is 102. The molecule has 0 aliphatic carbocycles. The van der Waals surface area contributed by atoms with Gasteiger partial charge in [0, 0.05) is 34.4 Å². The SMILES string of the molecule is CO[SiH](OC)OC.NCC1CNC1. The molecule has 1 aliphatic rings. The van der Waals surface area contributed by atoms with E-state index in [0.29, 0.717) is 0 Å². The van der Waals surface area contributed by atoms with E-state index >= 15 is 0 Å². The molecule has 0 saturated carbocycles. The van der Waals surface area contributed by atoms with Gasteiger partial charge in [0.1, 0.15) is 0 Å². The Morgan fingerprint density at radius 2 is 1.69 bits per heavy atom. The predicted octanol–water partition coefficient (Wildman–Crippen LogP) is -1.19. The Labute approximate surface area is 81.5 Å². The highest BCUT2D eigenvalue weighted by atomic mass is 28.3. The van der Waals surface area contributed by atoms with Gasteiger partial charge in [0.2, 0.25) is 0 Å². The third-order valence-electron chi connectivity index (χ3n) is 1.78. The van der Waals surface area contributed by atoms with E-state index in [0.717, 1.165) is 25.6 Å². The number of hydrogen-bond donors (Lipinski definition) is 2. The molecule has 1 rings (SSSR count). The van der Waals surface area contributed by atoms with Crippen LogP contribution in [0.1, 0.15) is 0 Å². The Morgan fingerprint density at radius 3 is 1.69 bits per heavy atom. The molecule has 80 valence electrons. The average Bonchev–Trinajstić information content (AvgIpc) is 2.07. The summed E-state index contributed by atoms with van der Waals surface area (Å²) in [6, 6.07) is 0. The highest BCUT2D eigenvalue weighted by molar-refractivity contribution is 6.36. The lowest BCUT2D eigenvalue weighted by Gasteiger charge is -2.24. The quantitative estimate of drug-likeness (QED) is 0.569. The van der Waals surface area contributed by atoms with Gasteiger partial charge in [0.05, 0.1) is 0 Å². The number of hydrogen-bond acceptors (Lipinski definition) is 5. The highest BCUT2D eigenvalue weighted by Crippen LogP contribution is 1.96. The Kier molecular flexibility index (Phi) is 8.62. The van der Waals surface area contributed by atoms with Crippen LogP contribution in [0.5, 0.6) is 0 Å². The monoisotopic (exact) mass is 208 g/mol. The topological polar surface area (TPSA) is 65.7 Å². The van der Waals surface area contributed by atoms with Crippen LogP contribution in [0.25, 0.3) is 0 Å². The van der Waals surface area contributed by atoms with Crippen molar-refractivity contribution in [3.8, 4) is 0 Å². The van der Waals surface area contributed by atoms with Crippen LogP contribution in [0.15, 0.2) is 0 Å². The standard InChI is InChI=1S/C4H10N2.C3H10O3Si/c5-1-4-2-6-3-4;1-4-7(5-2)6-3/h4,6H,1-3,5H2;7H,1-3H3. The molecule has 1 fully saturated rings. The van der Waals surface area contributed by atoms with Gasteiger partial charge in [0.15, 0.2) is 0 Å². The normalized spacial score (nSPS) is 16.4. The van der Waals surface area contributed by atoms with E-state index in [1.807, 2.05) is 0 Å². The second-order valence-electron chi connectivity index (χ2n) is 2.76. The fraction of sp³-hybridized carbons (Fsp3) is 1.00. The summed E-state index contributed by atoms with van der Waals surface area (Å²) < 4.78 is 14.2. The zero-order valence-corrected chi connectivity index (χ0v) is 9.73. The molecule has 6 heteroatoms. The largest absolute Gasteiger partial charge is 0.483 e. The van der Waals surface area contributed by atoms with Crippen molar-refractivity contribution >= 4 is 9.53 Å². The first-order chi connectivity index (χ1) is 6.28. The molecule has 0 bridgehead atoms. The molecule has 0 unspecified atom stereocenters. The van der Waals surface area contributed by atoms with Gasteiger partial charge in [-0.1, -0.05) is 0 Å². The van der Waals surface area contributed by atoms with Crippen LogP contribution in [-0.2, 0) is 13.3 Å². The molecule has 1 aliphatic heterocycles. The molecular formula is C7H20N2O3Si. The van der Waals surface area contributed by atoms with Crippen molar-refractivity contribution in [2.75, 3.05) is 41.0 Å². The van der Waals surface area contributed by atoms with Gasteiger partial charge < -0.3 is 24.3 Å². The van der Waals surface area contributed by atoms with Gasteiger partial charge in [-0.25, -0.2) is 0 Å². The first-order valence-corrected chi connectivity index (χ1v) is 5.69. The summed E-state index contributed by atoms with van der Waals surface area (Å²) in [5.74, 6) is 0.782. The van der Waals surface area contributed by atoms with Crippen molar-refractivity contribution in [1.82, 2.24) is 5.32 Å². The first kappa shape index (κ1) is 13.0. The second kappa shape index (κ2) is 8.61.